The molecule has 0 saturated heterocycles. The van der Waals surface area contributed by atoms with Crippen molar-refractivity contribution in [3.8, 4) is 6.07 Å². The second-order valence-corrected chi connectivity index (χ2v) is 2.65. The molecule has 3 N–H and O–H groups in total. The molecule has 14 heavy (non-hydrogen) atoms. The van der Waals surface area contributed by atoms with Crippen LogP contribution in [0.25, 0.3) is 0 Å². The molecule has 0 aliphatic rings. The summed E-state index contributed by atoms with van der Waals surface area (Å²) >= 11 is 0. The number of amides is 1. The van der Waals surface area contributed by atoms with Crippen molar-refractivity contribution in [1.82, 2.24) is 15.3 Å². The lowest BCUT2D eigenvalue weighted by Crippen LogP contribution is -2.32. The monoisotopic (exact) mass is 191 g/mol. The zero-order valence-electron chi connectivity index (χ0n) is 7.56. The van der Waals surface area contributed by atoms with Crippen molar-refractivity contribution in [2.24, 2.45) is 0 Å². The average molecular weight is 191 g/mol. The van der Waals surface area contributed by atoms with Gasteiger partial charge in [0, 0.05) is 6.20 Å². The van der Waals surface area contributed by atoms with Crippen LogP contribution in [-0.4, -0.2) is 21.9 Å². The van der Waals surface area contributed by atoms with Gasteiger partial charge in [0.1, 0.15) is 18.2 Å². The van der Waals surface area contributed by atoms with Gasteiger partial charge in [-0.3, -0.25) is 4.79 Å². The molecule has 0 unspecified atom stereocenters. The number of carbonyl (C=O) groups is 1. The predicted octanol–water partition coefficient (Wildman–Crippen LogP) is -0.299. The molecule has 1 aromatic rings. The maximum atomic E-state index is 11.4. The van der Waals surface area contributed by atoms with Gasteiger partial charge in [-0.25, -0.2) is 9.97 Å². The number of carbonyl (C=O) groups excluding carboxylic acids is 1. The fourth-order valence-corrected chi connectivity index (χ4v) is 0.821. The first-order chi connectivity index (χ1) is 6.65. The Morgan fingerprint density at radius 3 is 3.07 bits per heavy atom. The highest BCUT2D eigenvalue weighted by Crippen LogP contribution is 2.04. The Labute approximate surface area is 80.8 Å². The zero-order valence-corrected chi connectivity index (χ0v) is 7.56. The van der Waals surface area contributed by atoms with E-state index in [1.807, 2.05) is 6.07 Å². The van der Waals surface area contributed by atoms with E-state index in [0.29, 0.717) is 0 Å². The van der Waals surface area contributed by atoms with Crippen LogP contribution in [-0.2, 0) is 0 Å². The fraction of sp³-hybridized carbons (Fsp3) is 0.250. The largest absolute Gasteiger partial charge is 0.383 e. The van der Waals surface area contributed by atoms with Crippen LogP contribution in [0.1, 0.15) is 17.3 Å². The van der Waals surface area contributed by atoms with E-state index < -0.39 is 11.9 Å². The molecule has 0 aromatic carbocycles. The van der Waals surface area contributed by atoms with E-state index in [2.05, 4.69) is 15.3 Å². The topological polar surface area (TPSA) is 105 Å². The van der Waals surface area contributed by atoms with E-state index in [9.17, 15) is 4.79 Å². The lowest BCUT2D eigenvalue weighted by atomic mass is 10.2. The van der Waals surface area contributed by atoms with Crippen LogP contribution < -0.4 is 11.1 Å². The second kappa shape index (κ2) is 4.18. The number of nitrogens with zero attached hydrogens (tertiary/aromatic N) is 3. The number of nitriles is 1. The summed E-state index contributed by atoms with van der Waals surface area (Å²) in [5.41, 5.74) is 5.62. The molecule has 0 bridgehead atoms. The molecular formula is C8H9N5O. The van der Waals surface area contributed by atoms with Crippen LogP contribution in [0.3, 0.4) is 0 Å². The van der Waals surface area contributed by atoms with Gasteiger partial charge in [-0.15, -0.1) is 0 Å². The number of anilines is 1. The molecular weight excluding hydrogens is 182 g/mol. The predicted molar refractivity (Wildman–Crippen MR) is 49.0 cm³/mol. The fourth-order valence-electron chi connectivity index (χ4n) is 0.821. The molecule has 0 radical (unpaired) electrons. The van der Waals surface area contributed by atoms with E-state index in [1.165, 1.54) is 12.5 Å². The summed E-state index contributed by atoms with van der Waals surface area (Å²) < 4.78 is 0. The third kappa shape index (κ3) is 2.17. The van der Waals surface area contributed by atoms with Gasteiger partial charge < -0.3 is 11.1 Å². The number of hydrogen-bond acceptors (Lipinski definition) is 5. The minimum absolute atomic E-state index is 0.0997. The number of rotatable bonds is 2. The minimum Gasteiger partial charge on any atom is -0.383 e. The Balaban J connectivity index is 2.81. The van der Waals surface area contributed by atoms with Crippen LogP contribution in [0.15, 0.2) is 12.5 Å². The van der Waals surface area contributed by atoms with E-state index in [4.69, 9.17) is 11.0 Å². The summed E-state index contributed by atoms with van der Waals surface area (Å²) in [6, 6.07) is 1.30. The van der Waals surface area contributed by atoms with E-state index in [1.54, 1.807) is 6.92 Å². The Bertz CT molecular complexity index is 384. The molecule has 1 heterocycles. The van der Waals surface area contributed by atoms with Gasteiger partial charge in [0.15, 0.2) is 0 Å². The first-order valence-corrected chi connectivity index (χ1v) is 3.91. The molecule has 0 aliphatic carbocycles. The smallest absolute Gasteiger partial charge is 0.257 e. The summed E-state index contributed by atoms with van der Waals surface area (Å²) in [6.07, 6.45) is 2.56. The molecule has 1 aromatic heterocycles. The summed E-state index contributed by atoms with van der Waals surface area (Å²) in [5.74, 6) is -0.347. The van der Waals surface area contributed by atoms with Gasteiger partial charge in [0.25, 0.3) is 5.91 Å². The Morgan fingerprint density at radius 1 is 1.79 bits per heavy atom. The molecule has 0 spiro atoms. The molecule has 1 amide bonds. The highest BCUT2D eigenvalue weighted by atomic mass is 16.1. The molecule has 0 aliphatic heterocycles. The van der Waals surface area contributed by atoms with Crippen LogP contribution in [0.5, 0.6) is 0 Å². The van der Waals surface area contributed by atoms with Gasteiger partial charge in [0.2, 0.25) is 0 Å². The SMILES string of the molecule is C[C@@H](C#N)NC(=O)c1cncnc1N. The standard InChI is InChI=1S/C8H9N5O/c1-5(2-9)13-8(14)6-3-11-4-12-7(6)10/h3-5H,1H3,(H,13,14)(H2,10,11,12)/t5-/m0/s1. The van der Waals surface area contributed by atoms with E-state index in [-0.39, 0.29) is 11.4 Å². The van der Waals surface area contributed by atoms with Gasteiger partial charge in [-0.2, -0.15) is 5.26 Å². The average Bonchev–Trinajstić information content (AvgIpc) is 2.18. The lowest BCUT2D eigenvalue weighted by molar-refractivity contribution is 0.0948. The Kier molecular flexibility index (Phi) is 2.97. The first-order valence-electron chi connectivity index (χ1n) is 3.91. The molecule has 6 heteroatoms. The molecule has 1 atom stereocenters. The van der Waals surface area contributed by atoms with Crippen molar-refractivity contribution in [2.75, 3.05) is 5.73 Å². The molecule has 72 valence electrons. The number of nitrogens with one attached hydrogen (secondary N) is 1. The van der Waals surface area contributed by atoms with Crippen LogP contribution in [0, 0.1) is 11.3 Å². The number of hydrogen-bond donors (Lipinski definition) is 2. The van der Waals surface area contributed by atoms with Crippen molar-refractivity contribution >= 4 is 11.7 Å². The highest BCUT2D eigenvalue weighted by Gasteiger charge is 2.12. The molecule has 1 rings (SSSR count). The molecule has 0 saturated carbocycles. The van der Waals surface area contributed by atoms with Crippen LogP contribution >= 0.6 is 0 Å². The number of nitrogens with two attached hydrogens (primary N) is 1. The Hall–Kier alpha value is -2.16. The quantitative estimate of drug-likeness (QED) is 0.667. The molecule has 0 fully saturated rings. The van der Waals surface area contributed by atoms with Gasteiger partial charge in [0.05, 0.1) is 11.6 Å². The summed E-state index contributed by atoms with van der Waals surface area (Å²) in [5, 5.41) is 10.9. The summed E-state index contributed by atoms with van der Waals surface area (Å²) in [7, 11) is 0. The van der Waals surface area contributed by atoms with E-state index >= 15 is 0 Å². The number of aromatic nitrogens is 2. The van der Waals surface area contributed by atoms with E-state index in [0.717, 1.165) is 0 Å². The van der Waals surface area contributed by atoms with Crippen molar-refractivity contribution in [3.05, 3.63) is 18.1 Å². The third-order valence-electron chi connectivity index (χ3n) is 1.53. The number of nitrogen functional groups attached to an aromatic ring is 1. The third-order valence-corrected chi connectivity index (χ3v) is 1.53. The highest BCUT2D eigenvalue weighted by molar-refractivity contribution is 5.98. The second-order valence-electron chi connectivity index (χ2n) is 2.65. The van der Waals surface area contributed by atoms with Gasteiger partial charge in [-0.05, 0) is 6.92 Å². The summed E-state index contributed by atoms with van der Waals surface area (Å²) in [6.45, 7) is 1.57. The van der Waals surface area contributed by atoms with Crippen molar-refractivity contribution in [3.63, 3.8) is 0 Å². The van der Waals surface area contributed by atoms with Crippen LogP contribution in [0.4, 0.5) is 5.82 Å². The first kappa shape index (κ1) is 9.92. The van der Waals surface area contributed by atoms with Crippen molar-refractivity contribution in [1.29, 1.82) is 5.26 Å². The maximum absolute atomic E-state index is 11.4. The maximum Gasteiger partial charge on any atom is 0.257 e. The Morgan fingerprint density at radius 2 is 2.50 bits per heavy atom. The normalized spacial score (nSPS) is 11.4. The van der Waals surface area contributed by atoms with Gasteiger partial charge in [-0.1, -0.05) is 0 Å². The van der Waals surface area contributed by atoms with Crippen molar-refractivity contribution < 1.29 is 4.79 Å². The molecule has 6 nitrogen and oxygen atoms in total. The minimum atomic E-state index is -0.567. The zero-order chi connectivity index (χ0) is 10.6. The van der Waals surface area contributed by atoms with Gasteiger partial charge >= 0.3 is 0 Å². The lowest BCUT2D eigenvalue weighted by Gasteiger charge is -2.06. The summed E-state index contributed by atoms with van der Waals surface area (Å²) in [4.78, 5) is 18.7. The van der Waals surface area contributed by atoms with Crippen LogP contribution in [0.2, 0.25) is 0 Å². The van der Waals surface area contributed by atoms with Crippen molar-refractivity contribution in [2.45, 2.75) is 13.0 Å².